The third-order valence-electron chi connectivity index (χ3n) is 2.93. The van der Waals surface area contributed by atoms with Crippen molar-refractivity contribution in [3.05, 3.63) is 10.0 Å². The van der Waals surface area contributed by atoms with Crippen molar-refractivity contribution in [1.82, 2.24) is 14.5 Å². The maximum absolute atomic E-state index is 6.08. The van der Waals surface area contributed by atoms with Crippen LogP contribution in [0.4, 0.5) is 0 Å². The standard InChI is InChI=1S/C13H24ClN3S/c1-10(2)5-7-17(8-6-11(3)4)9-12-13(14)18-16-15-12/h10-11H,5-9H2,1-4H3. The molecule has 1 aromatic rings. The van der Waals surface area contributed by atoms with Gasteiger partial charge in [-0.15, -0.1) is 5.10 Å². The van der Waals surface area contributed by atoms with Crippen LogP contribution in [0.15, 0.2) is 0 Å². The number of hydrogen-bond acceptors (Lipinski definition) is 4. The van der Waals surface area contributed by atoms with Crippen molar-refractivity contribution in [3.63, 3.8) is 0 Å². The van der Waals surface area contributed by atoms with Gasteiger partial charge in [-0.05, 0) is 37.8 Å². The molecule has 0 aliphatic carbocycles. The van der Waals surface area contributed by atoms with Gasteiger partial charge in [-0.2, -0.15) is 0 Å². The van der Waals surface area contributed by atoms with Gasteiger partial charge in [0.2, 0.25) is 0 Å². The zero-order chi connectivity index (χ0) is 13.5. The quantitative estimate of drug-likeness (QED) is 0.722. The number of aromatic nitrogens is 2. The molecule has 0 saturated heterocycles. The Bertz CT molecular complexity index is 327. The molecule has 0 amide bonds. The Morgan fingerprint density at radius 1 is 1.11 bits per heavy atom. The van der Waals surface area contributed by atoms with Crippen molar-refractivity contribution in [2.45, 2.75) is 47.1 Å². The van der Waals surface area contributed by atoms with E-state index in [0.29, 0.717) is 0 Å². The third kappa shape index (κ3) is 6.12. The van der Waals surface area contributed by atoms with E-state index >= 15 is 0 Å². The molecule has 18 heavy (non-hydrogen) atoms. The summed E-state index contributed by atoms with van der Waals surface area (Å²) in [6.07, 6.45) is 2.43. The predicted octanol–water partition coefficient (Wildman–Crippen LogP) is 4.09. The Labute approximate surface area is 120 Å². The molecule has 0 fully saturated rings. The highest BCUT2D eigenvalue weighted by Crippen LogP contribution is 2.19. The van der Waals surface area contributed by atoms with Crippen molar-refractivity contribution in [1.29, 1.82) is 0 Å². The van der Waals surface area contributed by atoms with Crippen LogP contribution in [-0.2, 0) is 6.54 Å². The lowest BCUT2D eigenvalue weighted by Crippen LogP contribution is -2.27. The van der Waals surface area contributed by atoms with Crippen LogP contribution in [0, 0.1) is 11.8 Å². The molecular formula is C13H24ClN3S. The van der Waals surface area contributed by atoms with Crippen LogP contribution in [0.1, 0.15) is 46.2 Å². The van der Waals surface area contributed by atoms with Gasteiger partial charge < -0.3 is 0 Å². The van der Waals surface area contributed by atoms with Crippen LogP contribution in [0.3, 0.4) is 0 Å². The van der Waals surface area contributed by atoms with E-state index in [1.807, 2.05) is 0 Å². The zero-order valence-electron chi connectivity index (χ0n) is 11.8. The highest BCUT2D eigenvalue weighted by Gasteiger charge is 2.12. The molecule has 0 spiro atoms. The van der Waals surface area contributed by atoms with Gasteiger partial charge in [0, 0.05) is 18.1 Å². The van der Waals surface area contributed by atoms with Crippen LogP contribution in [0.2, 0.25) is 4.34 Å². The maximum Gasteiger partial charge on any atom is 0.138 e. The van der Waals surface area contributed by atoms with E-state index < -0.39 is 0 Å². The SMILES string of the molecule is CC(C)CCN(CCC(C)C)Cc1nnsc1Cl. The summed E-state index contributed by atoms with van der Waals surface area (Å²) in [7, 11) is 0. The van der Waals surface area contributed by atoms with Gasteiger partial charge in [-0.1, -0.05) is 43.8 Å². The van der Waals surface area contributed by atoms with Crippen LogP contribution in [0.25, 0.3) is 0 Å². The molecule has 0 radical (unpaired) electrons. The average molecular weight is 290 g/mol. The van der Waals surface area contributed by atoms with E-state index in [-0.39, 0.29) is 0 Å². The molecule has 0 atom stereocenters. The molecular weight excluding hydrogens is 266 g/mol. The normalized spacial score (nSPS) is 12.0. The smallest absolute Gasteiger partial charge is 0.138 e. The molecule has 3 nitrogen and oxygen atoms in total. The minimum absolute atomic E-state index is 0.731. The van der Waals surface area contributed by atoms with Gasteiger partial charge in [0.05, 0.1) is 0 Å². The van der Waals surface area contributed by atoms with Crippen molar-refractivity contribution < 1.29 is 0 Å². The monoisotopic (exact) mass is 289 g/mol. The van der Waals surface area contributed by atoms with Gasteiger partial charge in [0.1, 0.15) is 10.0 Å². The van der Waals surface area contributed by atoms with Gasteiger partial charge in [0.15, 0.2) is 0 Å². The topological polar surface area (TPSA) is 29.0 Å². The van der Waals surface area contributed by atoms with Crippen LogP contribution in [0.5, 0.6) is 0 Å². The van der Waals surface area contributed by atoms with E-state index in [1.165, 1.54) is 24.4 Å². The molecule has 0 aliphatic heterocycles. The van der Waals surface area contributed by atoms with Gasteiger partial charge in [-0.3, -0.25) is 4.90 Å². The first-order valence-corrected chi connectivity index (χ1v) is 7.83. The highest BCUT2D eigenvalue weighted by molar-refractivity contribution is 7.10. The lowest BCUT2D eigenvalue weighted by molar-refractivity contribution is 0.233. The molecule has 1 rings (SSSR count). The summed E-state index contributed by atoms with van der Waals surface area (Å²) in [5.74, 6) is 1.46. The molecule has 0 aromatic carbocycles. The van der Waals surface area contributed by atoms with Gasteiger partial charge >= 0.3 is 0 Å². The van der Waals surface area contributed by atoms with E-state index in [9.17, 15) is 0 Å². The van der Waals surface area contributed by atoms with Crippen molar-refractivity contribution in [3.8, 4) is 0 Å². The molecule has 0 aliphatic rings. The average Bonchev–Trinajstić information content (AvgIpc) is 2.68. The number of nitrogens with zero attached hydrogens (tertiary/aromatic N) is 3. The van der Waals surface area contributed by atoms with E-state index in [4.69, 9.17) is 11.6 Å². The number of halogens is 1. The lowest BCUT2D eigenvalue weighted by Gasteiger charge is -2.23. The Kier molecular flexibility index (Phi) is 7.12. The minimum Gasteiger partial charge on any atom is -0.297 e. The highest BCUT2D eigenvalue weighted by atomic mass is 35.5. The second-order valence-corrected chi connectivity index (χ2v) is 6.99. The van der Waals surface area contributed by atoms with Crippen LogP contribution >= 0.6 is 23.1 Å². The second kappa shape index (κ2) is 8.08. The van der Waals surface area contributed by atoms with E-state index in [2.05, 4.69) is 42.2 Å². The first kappa shape index (κ1) is 15.9. The molecule has 5 heteroatoms. The first-order valence-electron chi connectivity index (χ1n) is 6.68. The fourth-order valence-corrected chi connectivity index (χ4v) is 2.27. The number of rotatable bonds is 8. The van der Waals surface area contributed by atoms with Crippen molar-refractivity contribution >= 4 is 23.1 Å². The Balaban J connectivity index is 2.50. The van der Waals surface area contributed by atoms with E-state index in [0.717, 1.165) is 41.5 Å². The van der Waals surface area contributed by atoms with Crippen LogP contribution in [-0.4, -0.2) is 27.6 Å². The summed E-state index contributed by atoms with van der Waals surface area (Å²) in [5, 5.41) is 4.10. The van der Waals surface area contributed by atoms with Crippen molar-refractivity contribution in [2.24, 2.45) is 11.8 Å². The molecule has 0 unspecified atom stereocenters. The second-order valence-electron chi connectivity index (χ2n) is 5.63. The summed E-state index contributed by atoms with van der Waals surface area (Å²) in [6.45, 7) is 12.1. The van der Waals surface area contributed by atoms with E-state index in [1.54, 1.807) is 0 Å². The summed E-state index contributed by atoms with van der Waals surface area (Å²) < 4.78 is 4.63. The maximum atomic E-state index is 6.08. The molecule has 0 saturated carbocycles. The number of hydrogen-bond donors (Lipinski definition) is 0. The largest absolute Gasteiger partial charge is 0.297 e. The Morgan fingerprint density at radius 3 is 2.06 bits per heavy atom. The van der Waals surface area contributed by atoms with Gasteiger partial charge in [0.25, 0.3) is 0 Å². The predicted molar refractivity (Wildman–Crippen MR) is 79.1 cm³/mol. The fourth-order valence-electron chi connectivity index (χ4n) is 1.65. The molecule has 0 N–H and O–H groups in total. The molecule has 104 valence electrons. The lowest BCUT2D eigenvalue weighted by atomic mass is 10.1. The molecule has 0 bridgehead atoms. The minimum atomic E-state index is 0.731. The fraction of sp³-hybridized carbons (Fsp3) is 0.846. The van der Waals surface area contributed by atoms with Gasteiger partial charge in [-0.25, -0.2) is 0 Å². The molecule has 1 aromatic heterocycles. The Hall–Kier alpha value is -0.190. The zero-order valence-corrected chi connectivity index (χ0v) is 13.4. The van der Waals surface area contributed by atoms with Crippen LogP contribution < -0.4 is 0 Å². The molecule has 1 heterocycles. The summed E-state index contributed by atoms with van der Waals surface area (Å²) >= 11 is 7.35. The summed E-state index contributed by atoms with van der Waals surface area (Å²) in [4.78, 5) is 2.45. The first-order chi connectivity index (χ1) is 8.49. The third-order valence-corrected chi connectivity index (χ3v) is 3.91. The van der Waals surface area contributed by atoms with Crippen molar-refractivity contribution in [2.75, 3.05) is 13.1 Å². The Morgan fingerprint density at radius 2 is 1.67 bits per heavy atom. The summed E-state index contributed by atoms with van der Waals surface area (Å²) in [5.41, 5.74) is 0.925. The summed E-state index contributed by atoms with van der Waals surface area (Å²) in [6, 6.07) is 0.